The van der Waals surface area contributed by atoms with Crippen LogP contribution in [0, 0.1) is 0 Å². The summed E-state index contributed by atoms with van der Waals surface area (Å²) < 4.78 is 0. The van der Waals surface area contributed by atoms with Crippen LogP contribution in [0.4, 0.5) is 0 Å². The molecule has 1 aromatic carbocycles. The van der Waals surface area contributed by atoms with Gasteiger partial charge in [0.05, 0.1) is 0 Å². The molecule has 76 valence electrons. The Morgan fingerprint density at radius 1 is 0.867 bits per heavy atom. The van der Waals surface area contributed by atoms with Gasteiger partial charge in [-0.3, -0.25) is 0 Å². The van der Waals surface area contributed by atoms with Crippen molar-refractivity contribution in [2.24, 2.45) is 0 Å². The monoisotopic (exact) mass is 196 g/mol. The molecule has 0 saturated heterocycles. The van der Waals surface area contributed by atoms with Crippen molar-refractivity contribution in [2.75, 3.05) is 0 Å². The first kappa shape index (κ1) is 8.96. The molecule has 0 radical (unpaired) electrons. The summed E-state index contributed by atoms with van der Waals surface area (Å²) >= 11 is 0. The summed E-state index contributed by atoms with van der Waals surface area (Å²) in [4.78, 5) is 0. The van der Waals surface area contributed by atoms with Crippen LogP contribution < -0.4 is 0 Å². The minimum absolute atomic E-state index is 1.19. The predicted octanol–water partition coefficient (Wildman–Crippen LogP) is 3.82. The van der Waals surface area contributed by atoms with Crippen LogP contribution >= 0.6 is 0 Å². The van der Waals surface area contributed by atoms with Gasteiger partial charge in [-0.05, 0) is 48.8 Å². The van der Waals surface area contributed by atoms with E-state index in [0.29, 0.717) is 0 Å². The molecule has 0 nitrogen and oxygen atoms in total. The molecule has 0 aromatic heterocycles. The fourth-order valence-electron chi connectivity index (χ4n) is 2.70. The van der Waals surface area contributed by atoms with Gasteiger partial charge in [0, 0.05) is 0 Å². The fraction of sp³-hybridized carbons (Fsp3) is 0.333. The molecule has 0 spiro atoms. The first-order valence-corrected chi connectivity index (χ1v) is 5.88. The van der Waals surface area contributed by atoms with Gasteiger partial charge in [0.15, 0.2) is 0 Å². The summed E-state index contributed by atoms with van der Waals surface area (Å²) in [6.07, 6.45) is 10.8. The molecule has 0 aliphatic heterocycles. The third kappa shape index (κ3) is 1.65. The molecule has 0 saturated carbocycles. The van der Waals surface area contributed by atoms with E-state index in [2.05, 4.69) is 36.4 Å². The quantitative estimate of drug-likeness (QED) is 0.591. The zero-order valence-electron chi connectivity index (χ0n) is 9.00. The topological polar surface area (TPSA) is 0 Å². The van der Waals surface area contributed by atoms with Crippen molar-refractivity contribution in [1.82, 2.24) is 0 Å². The molecule has 0 amide bonds. The van der Waals surface area contributed by atoms with Gasteiger partial charge >= 0.3 is 0 Å². The van der Waals surface area contributed by atoms with E-state index in [1.165, 1.54) is 32.1 Å². The van der Waals surface area contributed by atoms with Crippen LogP contribution in [0.15, 0.2) is 47.6 Å². The Balaban J connectivity index is 2.01. The third-order valence-electron chi connectivity index (χ3n) is 3.57. The largest absolute Gasteiger partial charge is 0.0839 e. The van der Waals surface area contributed by atoms with Gasteiger partial charge in [-0.15, -0.1) is 0 Å². The predicted molar refractivity (Wildman–Crippen MR) is 63.9 cm³/mol. The van der Waals surface area contributed by atoms with Gasteiger partial charge in [-0.25, -0.2) is 0 Å². The standard InChI is InChI=1S/C15H16/c1-3-7-14-11-15-8-4-2-6-13(15)10-9-12(14)5-1/h1-3,5-7H,4,8-11H2. The van der Waals surface area contributed by atoms with E-state index in [-0.39, 0.29) is 0 Å². The third-order valence-corrected chi connectivity index (χ3v) is 3.57. The lowest BCUT2D eigenvalue weighted by molar-refractivity contribution is 0.874. The molecule has 0 heteroatoms. The van der Waals surface area contributed by atoms with Crippen molar-refractivity contribution in [3.8, 4) is 0 Å². The van der Waals surface area contributed by atoms with E-state index in [1.54, 1.807) is 22.3 Å². The summed E-state index contributed by atoms with van der Waals surface area (Å²) in [5.74, 6) is 0. The van der Waals surface area contributed by atoms with Crippen LogP contribution in [0.25, 0.3) is 0 Å². The number of aryl methyl sites for hydroxylation is 1. The van der Waals surface area contributed by atoms with Gasteiger partial charge in [-0.1, -0.05) is 42.0 Å². The minimum atomic E-state index is 1.19. The second-order valence-corrected chi connectivity index (χ2v) is 4.52. The average Bonchev–Trinajstić information content (AvgIpc) is 2.48. The molecular formula is C15H16. The van der Waals surface area contributed by atoms with Crippen LogP contribution in [-0.4, -0.2) is 0 Å². The van der Waals surface area contributed by atoms with Crippen molar-refractivity contribution in [3.05, 3.63) is 58.7 Å². The lowest BCUT2D eigenvalue weighted by Crippen LogP contribution is -1.96. The molecular weight excluding hydrogens is 180 g/mol. The van der Waals surface area contributed by atoms with Gasteiger partial charge < -0.3 is 0 Å². The van der Waals surface area contributed by atoms with Crippen molar-refractivity contribution >= 4 is 0 Å². The second kappa shape index (κ2) is 3.69. The summed E-state index contributed by atoms with van der Waals surface area (Å²) in [5, 5.41) is 0. The Bertz CT molecular complexity index is 435. The van der Waals surface area contributed by atoms with Crippen LogP contribution in [0.5, 0.6) is 0 Å². The Morgan fingerprint density at radius 2 is 1.73 bits per heavy atom. The number of hydrogen-bond acceptors (Lipinski definition) is 0. The van der Waals surface area contributed by atoms with E-state index in [9.17, 15) is 0 Å². The van der Waals surface area contributed by atoms with Crippen molar-refractivity contribution in [1.29, 1.82) is 0 Å². The molecule has 0 heterocycles. The molecule has 0 fully saturated rings. The molecule has 1 aromatic rings. The summed E-state index contributed by atoms with van der Waals surface area (Å²) in [5.41, 5.74) is 6.40. The van der Waals surface area contributed by atoms with Gasteiger partial charge in [0.1, 0.15) is 0 Å². The van der Waals surface area contributed by atoms with Gasteiger partial charge in [0.2, 0.25) is 0 Å². The first-order valence-electron chi connectivity index (χ1n) is 5.88. The Kier molecular flexibility index (Phi) is 2.21. The molecule has 0 N–H and O–H groups in total. The molecule has 2 aliphatic carbocycles. The van der Waals surface area contributed by atoms with Crippen molar-refractivity contribution in [2.45, 2.75) is 32.1 Å². The maximum Gasteiger partial charge on any atom is -0.00584 e. The van der Waals surface area contributed by atoms with E-state index in [1.807, 2.05) is 0 Å². The highest BCUT2D eigenvalue weighted by Crippen LogP contribution is 2.30. The number of hydrogen-bond donors (Lipinski definition) is 0. The van der Waals surface area contributed by atoms with Gasteiger partial charge in [0.25, 0.3) is 0 Å². The number of rotatable bonds is 0. The summed E-state index contributed by atoms with van der Waals surface area (Å²) in [7, 11) is 0. The highest BCUT2D eigenvalue weighted by Gasteiger charge is 2.15. The lowest BCUT2D eigenvalue weighted by Gasteiger charge is -2.13. The Hall–Kier alpha value is -1.30. The number of fused-ring (bicyclic) bond motifs is 1. The number of benzene rings is 1. The van der Waals surface area contributed by atoms with Crippen LogP contribution in [0.3, 0.4) is 0 Å². The zero-order valence-corrected chi connectivity index (χ0v) is 9.00. The SMILES string of the molecule is C1=CC2=C(CC1)Cc1ccccc1CC2. The lowest BCUT2D eigenvalue weighted by atomic mass is 9.93. The van der Waals surface area contributed by atoms with Crippen LogP contribution in [0.2, 0.25) is 0 Å². The molecule has 2 aliphatic rings. The van der Waals surface area contributed by atoms with Crippen molar-refractivity contribution < 1.29 is 0 Å². The normalized spacial score (nSPS) is 19.5. The van der Waals surface area contributed by atoms with E-state index < -0.39 is 0 Å². The minimum Gasteiger partial charge on any atom is -0.0839 e. The van der Waals surface area contributed by atoms with E-state index in [4.69, 9.17) is 0 Å². The molecule has 15 heavy (non-hydrogen) atoms. The van der Waals surface area contributed by atoms with E-state index >= 15 is 0 Å². The second-order valence-electron chi connectivity index (χ2n) is 4.52. The number of allylic oxidation sites excluding steroid dienone is 4. The Labute approximate surface area is 91.3 Å². The molecule has 0 atom stereocenters. The van der Waals surface area contributed by atoms with Crippen LogP contribution in [0.1, 0.15) is 30.4 Å². The van der Waals surface area contributed by atoms with Gasteiger partial charge in [-0.2, -0.15) is 0 Å². The van der Waals surface area contributed by atoms with Crippen LogP contribution in [-0.2, 0) is 12.8 Å². The van der Waals surface area contributed by atoms with Crippen molar-refractivity contribution in [3.63, 3.8) is 0 Å². The summed E-state index contributed by atoms with van der Waals surface area (Å²) in [6.45, 7) is 0. The fourth-order valence-corrected chi connectivity index (χ4v) is 2.70. The van der Waals surface area contributed by atoms with E-state index in [0.717, 1.165) is 0 Å². The average molecular weight is 196 g/mol. The molecule has 0 unspecified atom stereocenters. The Morgan fingerprint density at radius 3 is 2.67 bits per heavy atom. The smallest absolute Gasteiger partial charge is 0.00584 e. The summed E-state index contributed by atoms with van der Waals surface area (Å²) in [6, 6.07) is 8.92. The molecule has 3 rings (SSSR count). The molecule has 0 bridgehead atoms. The maximum absolute atomic E-state index is 2.35. The zero-order chi connectivity index (χ0) is 10.1. The maximum atomic E-state index is 2.35. The highest BCUT2D eigenvalue weighted by atomic mass is 14.2. The first-order chi connectivity index (χ1) is 7.43. The highest BCUT2D eigenvalue weighted by molar-refractivity contribution is 5.40.